The van der Waals surface area contributed by atoms with Crippen molar-refractivity contribution in [3.63, 3.8) is 0 Å². The molecule has 4 rings (SSSR count). The summed E-state index contributed by atoms with van der Waals surface area (Å²) in [5, 5.41) is 10.3. The molecule has 0 spiro atoms. The molecule has 0 N–H and O–H groups in total. The Morgan fingerprint density at radius 1 is 1.21 bits per heavy atom. The van der Waals surface area contributed by atoms with Crippen LogP contribution in [0, 0.1) is 13.8 Å². The lowest BCUT2D eigenvalue weighted by atomic mass is 10.0. The van der Waals surface area contributed by atoms with Crippen LogP contribution >= 0.6 is 11.6 Å². The van der Waals surface area contributed by atoms with Crippen molar-refractivity contribution in [1.29, 1.82) is 0 Å². The number of halogens is 1. The first-order valence-corrected chi connectivity index (χ1v) is 10.5. The van der Waals surface area contributed by atoms with E-state index >= 15 is 0 Å². The van der Waals surface area contributed by atoms with E-state index in [0.29, 0.717) is 34.2 Å². The summed E-state index contributed by atoms with van der Waals surface area (Å²) >= 11 is 5.97. The van der Waals surface area contributed by atoms with Gasteiger partial charge in [0.05, 0.1) is 17.7 Å². The molecule has 1 amide bonds. The van der Waals surface area contributed by atoms with Crippen LogP contribution in [0.25, 0.3) is 0 Å². The van der Waals surface area contributed by atoms with Gasteiger partial charge in [0.25, 0.3) is 11.5 Å². The Hall–Kier alpha value is -3.72. The quantitative estimate of drug-likeness (QED) is 0.532. The molecule has 1 atom stereocenters. The number of hydrogen-bond acceptors (Lipinski definition) is 7. The molecule has 9 nitrogen and oxygen atoms in total. The van der Waals surface area contributed by atoms with Gasteiger partial charge in [0.1, 0.15) is 17.4 Å². The van der Waals surface area contributed by atoms with Crippen molar-refractivity contribution in [2.24, 2.45) is 12.1 Å². The first-order chi connectivity index (χ1) is 15.8. The maximum atomic E-state index is 13.0. The number of furan rings is 1. The number of amides is 1. The van der Waals surface area contributed by atoms with Gasteiger partial charge in [-0.15, -0.1) is 0 Å². The number of carbonyl (C=O) groups is 2. The van der Waals surface area contributed by atoms with Crippen molar-refractivity contribution in [3.8, 4) is 0 Å². The second-order valence-electron chi connectivity index (χ2n) is 7.62. The van der Waals surface area contributed by atoms with Crippen LogP contribution in [0.4, 0.5) is 0 Å². The first kappa shape index (κ1) is 22.5. The van der Waals surface area contributed by atoms with Crippen LogP contribution in [0.15, 0.2) is 57.0 Å². The number of ether oxygens (including phenoxy) is 1. The Labute approximate surface area is 194 Å². The lowest BCUT2D eigenvalue weighted by Crippen LogP contribution is -2.34. The number of nitrogens with zero attached hydrogens (tertiary/aromatic N) is 4. The Bertz CT molecular complexity index is 1300. The van der Waals surface area contributed by atoms with Crippen LogP contribution in [0.5, 0.6) is 0 Å². The molecule has 3 aromatic rings. The zero-order chi connectivity index (χ0) is 23.7. The predicted molar refractivity (Wildman–Crippen MR) is 120 cm³/mol. The number of hydrazone groups is 1. The van der Waals surface area contributed by atoms with Gasteiger partial charge in [-0.3, -0.25) is 9.59 Å². The number of rotatable bonds is 5. The molecule has 33 heavy (non-hydrogen) atoms. The van der Waals surface area contributed by atoms with E-state index in [-0.39, 0.29) is 5.56 Å². The number of aromatic nitrogens is 2. The second kappa shape index (κ2) is 9.03. The third-order valence-corrected chi connectivity index (χ3v) is 5.72. The molecule has 10 heteroatoms. The Balaban J connectivity index is 1.56. The van der Waals surface area contributed by atoms with E-state index < -0.39 is 30.1 Å². The Morgan fingerprint density at radius 2 is 1.94 bits per heavy atom. The minimum Gasteiger partial charge on any atom is -0.467 e. The van der Waals surface area contributed by atoms with E-state index in [2.05, 4.69) is 10.2 Å². The van der Waals surface area contributed by atoms with Gasteiger partial charge < -0.3 is 9.15 Å². The highest BCUT2D eigenvalue weighted by Gasteiger charge is 2.35. The third kappa shape index (κ3) is 4.45. The Kier molecular flexibility index (Phi) is 6.15. The van der Waals surface area contributed by atoms with E-state index in [1.54, 1.807) is 38.1 Å². The second-order valence-corrected chi connectivity index (χ2v) is 8.05. The molecule has 0 bridgehead atoms. The predicted octanol–water partition coefficient (Wildman–Crippen LogP) is 3.18. The lowest BCUT2D eigenvalue weighted by Gasteiger charge is -2.19. The van der Waals surface area contributed by atoms with Crippen LogP contribution in [0.2, 0.25) is 5.02 Å². The van der Waals surface area contributed by atoms with Crippen molar-refractivity contribution >= 4 is 29.2 Å². The fourth-order valence-electron chi connectivity index (χ4n) is 3.61. The molecule has 0 saturated heterocycles. The first-order valence-electron chi connectivity index (χ1n) is 10.2. The molecule has 0 saturated carbocycles. The highest BCUT2D eigenvalue weighted by molar-refractivity contribution is 6.30. The molecule has 2 aromatic heterocycles. The minimum absolute atomic E-state index is 0.146. The minimum atomic E-state index is -0.886. The van der Waals surface area contributed by atoms with Gasteiger partial charge in [0, 0.05) is 18.5 Å². The highest BCUT2D eigenvalue weighted by atomic mass is 35.5. The molecular formula is C23H21ClN4O5. The van der Waals surface area contributed by atoms with Gasteiger partial charge in [-0.2, -0.15) is 10.2 Å². The number of carbonyl (C=O) groups excluding carboxylic acids is 2. The number of esters is 1. The van der Waals surface area contributed by atoms with E-state index in [9.17, 15) is 14.4 Å². The van der Waals surface area contributed by atoms with E-state index in [1.807, 2.05) is 12.1 Å². The molecule has 0 radical (unpaired) electrons. The summed E-state index contributed by atoms with van der Waals surface area (Å²) in [6.07, 6.45) is 1.93. The van der Waals surface area contributed by atoms with Gasteiger partial charge in [-0.05, 0) is 49.2 Å². The summed E-state index contributed by atoms with van der Waals surface area (Å²) in [4.78, 5) is 38.0. The molecule has 3 heterocycles. The van der Waals surface area contributed by atoms with Gasteiger partial charge in [-0.1, -0.05) is 23.7 Å². The molecule has 1 aliphatic rings. The SMILES string of the molecule is Cc1nn(C)c(=O)c(C(=O)OCC(=O)N2N=C(c3ccc(Cl)cc3)CC2c2ccco2)c1C. The van der Waals surface area contributed by atoms with E-state index in [4.69, 9.17) is 20.8 Å². The zero-order valence-electron chi connectivity index (χ0n) is 18.2. The molecule has 1 unspecified atom stereocenters. The van der Waals surface area contributed by atoms with E-state index in [1.165, 1.54) is 18.3 Å². The van der Waals surface area contributed by atoms with Crippen LogP contribution in [-0.2, 0) is 16.6 Å². The number of aryl methyl sites for hydroxylation is 2. The molecule has 0 fully saturated rings. The smallest absolute Gasteiger partial charge is 0.344 e. The van der Waals surface area contributed by atoms with Crippen molar-refractivity contribution < 1.29 is 18.7 Å². The summed E-state index contributed by atoms with van der Waals surface area (Å²) in [7, 11) is 1.45. The van der Waals surface area contributed by atoms with E-state index in [0.717, 1.165) is 10.2 Å². The number of benzene rings is 1. The fourth-order valence-corrected chi connectivity index (χ4v) is 3.74. The lowest BCUT2D eigenvalue weighted by molar-refractivity contribution is -0.136. The van der Waals surface area contributed by atoms with Crippen LogP contribution in [0.3, 0.4) is 0 Å². The Morgan fingerprint density at radius 3 is 2.61 bits per heavy atom. The van der Waals surface area contributed by atoms with Crippen molar-refractivity contribution in [2.45, 2.75) is 26.3 Å². The van der Waals surface area contributed by atoms with Crippen LogP contribution in [-0.4, -0.2) is 39.0 Å². The highest BCUT2D eigenvalue weighted by Crippen LogP contribution is 2.33. The third-order valence-electron chi connectivity index (χ3n) is 5.47. The van der Waals surface area contributed by atoms with Crippen molar-refractivity contribution in [1.82, 2.24) is 14.8 Å². The van der Waals surface area contributed by atoms with Gasteiger partial charge >= 0.3 is 5.97 Å². The van der Waals surface area contributed by atoms with Gasteiger partial charge in [0.15, 0.2) is 6.61 Å². The van der Waals surface area contributed by atoms with Crippen LogP contribution in [0.1, 0.15) is 45.4 Å². The normalized spacial score (nSPS) is 15.5. The molecule has 1 aromatic carbocycles. The molecule has 0 aliphatic carbocycles. The average molecular weight is 469 g/mol. The average Bonchev–Trinajstić information content (AvgIpc) is 3.47. The summed E-state index contributed by atoms with van der Waals surface area (Å²) in [6, 6.07) is 10.1. The summed E-state index contributed by atoms with van der Waals surface area (Å²) < 4.78 is 11.8. The number of hydrogen-bond donors (Lipinski definition) is 0. The standard InChI is InChI=1S/C23H21ClN4O5/c1-13-14(2)25-27(3)22(30)21(13)23(31)33-12-20(29)28-18(19-5-4-10-32-19)11-17(26-28)15-6-8-16(24)9-7-15/h4-10,18H,11-12H2,1-3H3. The summed E-state index contributed by atoms with van der Waals surface area (Å²) in [5.74, 6) is -0.881. The molecule has 1 aliphatic heterocycles. The maximum Gasteiger partial charge on any atom is 0.344 e. The van der Waals surface area contributed by atoms with Gasteiger partial charge in [-0.25, -0.2) is 14.5 Å². The maximum absolute atomic E-state index is 13.0. The monoisotopic (exact) mass is 468 g/mol. The van der Waals surface area contributed by atoms with Gasteiger partial charge in [0.2, 0.25) is 0 Å². The van der Waals surface area contributed by atoms with Crippen molar-refractivity contribution in [3.05, 3.63) is 86.2 Å². The largest absolute Gasteiger partial charge is 0.467 e. The van der Waals surface area contributed by atoms with Crippen molar-refractivity contribution in [2.75, 3.05) is 6.61 Å². The fraction of sp³-hybridized carbons (Fsp3) is 0.261. The van der Waals surface area contributed by atoms with Crippen LogP contribution < -0.4 is 5.56 Å². The zero-order valence-corrected chi connectivity index (χ0v) is 19.0. The molecule has 170 valence electrons. The topological polar surface area (TPSA) is 107 Å². The summed E-state index contributed by atoms with van der Waals surface area (Å²) in [5.41, 5.74) is 1.68. The molecular weight excluding hydrogens is 448 g/mol. The summed E-state index contributed by atoms with van der Waals surface area (Å²) in [6.45, 7) is 2.71.